The number of methoxy groups -OCH3 is 1. The molecule has 0 spiro atoms. The van der Waals surface area contributed by atoms with Crippen molar-refractivity contribution in [3.63, 3.8) is 0 Å². The minimum atomic E-state index is -0.941. The smallest absolute Gasteiger partial charge is 0.343 e. The van der Waals surface area contributed by atoms with E-state index in [1.54, 1.807) is 19.2 Å². The van der Waals surface area contributed by atoms with E-state index in [4.69, 9.17) is 14.2 Å². The number of hydrogen-bond donors (Lipinski definition) is 0. The summed E-state index contributed by atoms with van der Waals surface area (Å²) in [6.45, 7) is 5.91. The number of ketones is 1. The minimum absolute atomic E-state index is 0.00565. The Hall–Kier alpha value is -5.23. The number of rotatable bonds is 7. The predicted octanol–water partition coefficient (Wildman–Crippen LogP) is 8.50. The Morgan fingerprint density at radius 1 is 0.761 bits per heavy atom. The first kappa shape index (κ1) is 29.5. The average Bonchev–Trinajstić information content (AvgIpc) is 3.07. The number of benzene rings is 5. The third-order valence-corrected chi connectivity index (χ3v) is 9.11. The molecule has 8 rings (SSSR count). The summed E-state index contributed by atoms with van der Waals surface area (Å²) < 4.78 is 31.9. The summed E-state index contributed by atoms with van der Waals surface area (Å²) >= 11 is 0. The van der Waals surface area contributed by atoms with Crippen molar-refractivity contribution in [2.75, 3.05) is 13.7 Å². The zero-order valence-corrected chi connectivity index (χ0v) is 26.1. The average molecular weight is 613 g/mol. The van der Waals surface area contributed by atoms with Crippen LogP contribution in [0.25, 0.3) is 0 Å². The van der Waals surface area contributed by atoms with Crippen molar-refractivity contribution >= 4 is 11.8 Å². The Labute approximate surface area is 267 Å². The summed E-state index contributed by atoms with van der Waals surface area (Å²) in [7, 11) is 1.62. The molecule has 0 atom stereocenters. The number of carbonyl (C=O) groups excluding carboxylic acids is 2. The summed E-state index contributed by atoms with van der Waals surface area (Å²) in [6.07, 6.45) is 0. The van der Waals surface area contributed by atoms with Gasteiger partial charge in [-0.25, -0.2) is 9.18 Å². The van der Waals surface area contributed by atoms with Crippen LogP contribution in [0.2, 0.25) is 0 Å². The van der Waals surface area contributed by atoms with Gasteiger partial charge in [0.05, 0.1) is 18.1 Å². The van der Waals surface area contributed by atoms with Gasteiger partial charge in [-0.15, -0.1) is 0 Å². The Bertz CT molecular complexity index is 1940. The number of ether oxygens (including phenoxy) is 3. The van der Waals surface area contributed by atoms with Crippen LogP contribution in [0.3, 0.4) is 0 Å². The molecule has 5 aromatic carbocycles. The van der Waals surface area contributed by atoms with Gasteiger partial charge in [-0.1, -0.05) is 69.3 Å². The van der Waals surface area contributed by atoms with Gasteiger partial charge in [-0.05, 0) is 88.5 Å². The molecule has 5 aromatic rings. The normalized spacial score (nSPS) is 17.4. The van der Waals surface area contributed by atoms with Crippen molar-refractivity contribution in [3.05, 3.63) is 160 Å². The van der Waals surface area contributed by atoms with Crippen LogP contribution in [0.4, 0.5) is 4.39 Å². The molecule has 0 fully saturated rings. The zero-order valence-electron chi connectivity index (χ0n) is 26.1. The molecule has 5 nitrogen and oxygen atoms in total. The van der Waals surface area contributed by atoms with Gasteiger partial charge in [0.2, 0.25) is 0 Å². The van der Waals surface area contributed by atoms with Crippen LogP contribution in [0.5, 0.6) is 17.2 Å². The molecule has 0 aliphatic heterocycles. The largest absolute Gasteiger partial charge is 0.497 e. The Kier molecular flexibility index (Phi) is 7.04. The summed E-state index contributed by atoms with van der Waals surface area (Å²) in [5.74, 6) is 0.355. The molecule has 230 valence electrons. The standard InChI is InChI=1S/C40H33FO5/c1-39(2,3)37(42)30-21-22-33(46-38(43)24-13-15-25(41)16-14-24)36-35(30)34-28-9-5-7-11-31(28)40(36,32-12-8-6-10-29(32)34)23-45-27-19-17-26(44-4)18-20-27/h5-22,34H,23H2,1-4H3. The van der Waals surface area contributed by atoms with Gasteiger partial charge in [0, 0.05) is 22.5 Å². The van der Waals surface area contributed by atoms with Crippen LogP contribution in [-0.2, 0) is 5.41 Å². The summed E-state index contributed by atoms with van der Waals surface area (Å²) in [4.78, 5) is 27.8. The first-order chi connectivity index (χ1) is 22.1. The molecule has 0 unspecified atom stereocenters. The Morgan fingerprint density at radius 2 is 1.35 bits per heavy atom. The number of halogens is 1. The maximum absolute atomic E-state index is 14.2. The number of carbonyl (C=O) groups is 2. The molecule has 0 amide bonds. The van der Waals surface area contributed by atoms with Crippen LogP contribution in [0, 0.1) is 11.2 Å². The summed E-state index contributed by atoms with van der Waals surface area (Å²) in [6, 6.07) is 32.7. The lowest BCUT2D eigenvalue weighted by atomic mass is 9.52. The van der Waals surface area contributed by atoms with E-state index in [-0.39, 0.29) is 23.9 Å². The lowest BCUT2D eigenvalue weighted by Crippen LogP contribution is -2.47. The van der Waals surface area contributed by atoms with Gasteiger partial charge in [0.25, 0.3) is 0 Å². The van der Waals surface area contributed by atoms with Crippen molar-refractivity contribution in [2.45, 2.75) is 32.1 Å². The fourth-order valence-corrected chi connectivity index (χ4v) is 7.03. The monoisotopic (exact) mass is 612 g/mol. The second kappa shape index (κ2) is 11.0. The van der Waals surface area contributed by atoms with Gasteiger partial charge >= 0.3 is 5.97 Å². The van der Waals surface area contributed by atoms with Crippen molar-refractivity contribution in [2.24, 2.45) is 5.41 Å². The third kappa shape index (κ3) is 4.59. The molecule has 0 radical (unpaired) electrons. The van der Waals surface area contributed by atoms with Crippen LogP contribution in [0.1, 0.15) is 80.8 Å². The van der Waals surface area contributed by atoms with Crippen LogP contribution < -0.4 is 14.2 Å². The van der Waals surface area contributed by atoms with Crippen molar-refractivity contribution < 1.29 is 28.2 Å². The molecule has 0 saturated carbocycles. The highest BCUT2D eigenvalue weighted by atomic mass is 19.1. The molecular formula is C40H33FO5. The molecule has 0 heterocycles. The van der Waals surface area contributed by atoms with E-state index in [1.807, 2.05) is 69.3 Å². The molecule has 6 heteroatoms. The molecule has 3 aliphatic rings. The van der Waals surface area contributed by atoms with E-state index in [0.717, 1.165) is 33.4 Å². The van der Waals surface area contributed by atoms with E-state index in [9.17, 15) is 14.0 Å². The summed E-state index contributed by atoms with van der Waals surface area (Å²) in [5.41, 5.74) is 4.97. The number of hydrogen-bond acceptors (Lipinski definition) is 5. The molecule has 46 heavy (non-hydrogen) atoms. The predicted molar refractivity (Wildman–Crippen MR) is 174 cm³/mol. The second-order valence-electron chi connectivity index (χ2n) is 12.9. The number of esters is 1. The zero-order chi connectivity index (χ0) is 32.2. The van der Waals surface area contributed by atoms with Crippen molar-refractivity contribution in [3.8, 4) is 17.2 Å². The summed E-state index contributed by atoms with van der Waals surface area (Å²) in [5, 5.41) is 0. The van der Waals surface area contributed by atoms with E-state index in [0.29, 0.717) is 22.8 Å². The minimum Gasteiger partial charge on any atom is -0.497 e. The Balaban J connectivity index is 1.50. The maximum Gasteiger partial charge on any atom is 0.343 e. The van der Waals surface area contributed by atoms with Crippen LogP contribution in [-0.4, -0.2) is 25.5 Å². The topological polar surface area (TPSA) is 61.8 Å². The molecule has 0 aromatic heterocycles. The van der Waals surface area contributed by atoms with E-state index in [2.05, 4.69) is 24.3 Å². The number of Topliss-reactive ketones (excluding diaryl/α,β-unsaturated/α-hetero) is 1. The van der Waals surface area contributed by atoms with Gasteiger partial charge in [-0.2, -0.15) is 0 Å². The van der Waals surface area contributed by atoms with Gasteiger partial charge in [0.15, 0.2) is 5.78 Å². The molecular weight excluding hydrogens is 579 g/mol. The maximum atomic E-state index is 14.2. The molecule has 0 saturated heterocycles. The SMILES string of the molecule is COc1ccc(OCC23c4ccccc4C(c4ccccc42)c2c(C(=O)C(C)(C)C)ccc(OC(=O)c4ccc(F)cc4)c23)cc1. The lowest BCUT2D eigenvalue weighted by Gasteiger charge is -2.51. The van der Waals surface area contributed by atoms with Crippen molar-refractivity contribution in [1.82, 2.24) is 0 Å². The van der Waals surface area contributed by atoms with Gasteiger partial charge < -0.3 is 14.2 Å². The molecule has 0 N–H and O–H groups in total. The quantitative estimate of drug-likeness (QED) is 0.105. The van der Waals surface area contributed by atoms with Gasteiger partial charge in [-0.3, -0.25) is 4.79 Å². The fraction of sp³-hybridized carbons (Fsp3) is 0.200. The lowest BCUT2D eigenvalue weighted by molar-refractivity contribution is 0.0730. The second-order valence-corrected chi connectivity index (χ2v) is 12.9. The van der Waals surface area contributed by atoms with E-state index >= 15 is 0 Å². The molecule has 3 aliphatic carbocycles. The third-order valence-electron chi connectivity index (χ3n) is 9.11. The van der Waals surface area contributed by atoms with Crippen LogP contribution >= 0.6 is 0 Å². The Morgan fingerprint density at radius 3 is 1.93 bits per heavy atom. The van der Waals surface area contributed by atoms with E-state index in [1.165, 1.54) is 24.3 Å². The van der Waals surface area contributed by atoms with Crippen molar-refractivity contribution in [1.29, 1.82) is 0 Å². The highest BCUT2D eigenvalue weighted by molar-refractivity contribution is 6.03. The van der Waals surface area contributed by atoms with E-state index < -0.39 is 22.6 Å². The molecule has 2 bridgehead atoms. The van der Waals surface area contributed by atoms with Gasteiger partial charge in [0.1, 0.15) is 29.7 Å². The first-order valence-corrected chi connectivity index (χ1v) is 15.3. The fourth-order valence-electron chi connectivity index (χ4n) is 7.03. The highest BCUT2D eigenvalue weighted by Crippen LogP contribution is 2.62. The highest BCUT2D eigenvalue weighted by Gasteiger charge is 2.55. The van der Waals surface area contributed by atoms with Crippen LogP contribution in [0.15, 0.2) is 109 Å². The first-order valence-electron chi connectivity index (χ1n) is 15.3.